The topological polar surface area (TPSA) is 21.3 Å². The van der Waals surface area contributed by atoms with E-state index in [9.17, 15) is 4.39 Å². The highest BCUT2D eigenvalue weighted by Gasteiger charge is 2.20. The van der Waals surface area contributed by atoms with Crippen LogP contribution in [0, 0.1) is 5.82 Å². The molecule has 1 fully saturated rings. The van der Waals surface area contributed by atoms with Gasteiger partial charge in [-0.3, -0.25) is 0 Å². The fourth-order valence-electron chi connectivity index (χ4n) is 2.86. The zero-order valence-electron chi connectivity index (χ0n) is 12.7. The highest BCUT2D eigenvalue weighted by atomic mass is 79.9. The van der Waals surface area contributed by atoms with Crippen LogP contribution in [0.25, 0.3) is 0 Å². The van der Waals surface area contributed by atoms with Crippen molar-refractivity contribution in [2.45, 2.75) is 57.6 Å². The summed E-state index contributed by atoms with van der Waals surface area (Å²) >= 11 is 3.28. The van der Waals surface area contributed by atoms with Crippen molar-refractivity contribution in [3.63, 3.8) is 0 Å². The molecular formula is C17H25BrFNO. The first kappa shape index (κ1) is 16.9. The smallest absolute Gasteiger partial charge is 0.142 e. The largest absolute Gasteiger partial charge is 0.378 e. The van der Waals surface area contributed by atoms with Gasteiger partial charge in [-0.1, -0.05) is 19.1 Å². The Morgan fingerprint density at radius 1 is 1.43 bits per heavy atom. The maximum atomic E-state index is 14.3. The Morgan fingerprint density at radius 2 is 2.29 bits per heavy atom. The van der Waals surface area contributed by atoms with Gasteiger partial charge in [0.1, 0.15) is 5.82 Å². The Hall–Kier alpha value is -0.450. The minimum atomic E-state index is -0.143. The summed E-state index contributed by atoms with van der Waals surface area (Å²) in [7, 11) is 0. The molecule has 1 aliphatic heterocycles. The van der Waals surface area contributed by atoms with Crippen molar-refractivity contribution in [2.75, 3.05) is 13.2 Å². The average molecular weight is 358 g/mol. The average Bonchev–Trinajstić information content (AvgIpc) is 2.52. The van der Waals surface area contributed by atoms with Crippen molar-refractivity contribution in [3.8, 4) is 0 Å². The van der Waals surface area contributed by atoms with E-state index in [-0.39, 0.29) is 11.9 Å². The lowest BCUT2D eigenvalue weighted by atomic mass is 9.97. The van der Waals surface area contributed by atoms with Crippen LogP contribution in [0.15, 0.2) is 22.7 Å². The van der Waals surface area contributed by atoms with Crippen LogP contribution in [0.5, 0.6) is 0 Å². The molecule has 2 atom stereocenters. The molecule has 4 heteroatoms. The molecule has 0 amide bonds. The van der Waals surface area contributed by atoms with Crippen molar-refractivity contribution < 1.29 is 9.13 Å². The predicted molar refractivity (Wildman–Crippen MR) is 88.0 cm³/mol. The summed E-state index contributed by atoms with van der Waals surface area (Å²) in [6, 6.07) is 5.60. The van der Waals surface area contributed by atoms with Crippen LogP contribution in [0.3, 0.4) is 0 Å². The Balaban J connectivity index is 2.01. The monoisotopic (exact) mass is 357 g/mol. The molecule has 2 rings (SSSR count). The Bertz CT molecular complexity index is 435. The first-order chi connectivity index (χ1) is 10.2. The zero-order valence-corrected chi connectivity index (χ0v) is 14.3. The second-order valence-corrected chi connectivity index (χ2v) is 6.57. The lowest BCUT2D eigenvalue weighted by Crippen LogP contribution is -2.26. The molecule has 118 valence electrons. The first-order valence-corrected chi connectivity index (χ1v) is 8.80. The van der Waals surface area contributed by atoms with Gasteiger partial charge in [0.25, 0.3) is 0 Å². The molecule has 0 aliphatic carbocycles. The summed E-state index contributed by atoms with van der Waals surface area (Å²) in [6.45, 7) is 3.91. The maximum absolute atomic E-state index is 14.3. The molecule has 2 nitrogen and oxygen atoms in total. The van der Waals surface area contributed by atoms with Crippen molar-refractivity contribution in [2.24, 2.45) is 0 Å². The minimum absolute atomic E-state index is 0.0629. The van der Waals surface area contributed by atoms with E-state index >= 15 is 0 Å². The van der Waals surface area contributed by atoms with Gasteiger partial charge in [0.15, 0.2) is 0 Å². The Kier molecular flexibility index (Phi) is 7.14. The highest BCUT2D eigenvalue weighted by Crippen LogP contribution is 2.28. The van der Waals surface area contributed by atoms with Gasteiger partial charge in [-0.2, -0.15) is 0 Å². The van der Waals surface area contributed by atoms with Crippen LogP contribution >= 0.6 is 15.9 Å². The summed E-state index contributed by atoms with van der Waals surface area (Å²) in [6.07, 6.45) is 6.87. The molecule has 1 aromatic carbocycles. The van der Waals surface area contributed by atoms with E-state index in [1.54, 1.807) is 6.07 Å². The van der Waals surface area contributed by atoms with E-state index in [0.717, 1.165) is 44.4 Å². The number of hydrogen-bond acceptors (Lipinski definition) is 2. The second-order valence-electron chi connectivity index (χ2n) is 5.72. The third-order valence-corrected chi connectivity index (χ3v) is 4.66. The van der Waals surface area contributed by atoms with Gasteiger partial charge in [0.2, 0.25) is 0 Å². The normalized spacial score (nSPS) is 20.4. The molecule has 0 radical (unpaired) electrons. The van der Waals surface area contributed by atoms with Gasteiger partial charge in [-0.05, 0) is 67.1 Å². The van der Waals surface area contributed by atoms with Crippen LogP contribution in [0.4, 0.5) is 4.39 Å². The van der Waals surface area contributed by atoms with Gasteiger partial charge in [-0.15, -0.1) is 0 Å². The summed E-state index contributed by atoms with van der Waals surface area (Å²) in [5.74, 6) is -0.143. The fraction of sp³-hybridized carbons (Fsp3) is 0.647. The molecule has 0 spiro atoms. The van der Waals surface area contributed by atoms with Crippen molar-refractivity contribution in [1.82, 2.24) is 5.32 Å². The summed E-state index contributed by atoms with van der Waals surface area (Å²) < 4.78 is 20.7. The molecule has 1 N–H and O–H groups in total. The molecule has 1 aromatic rings. The maximum Gasteiger partial charge on any atom is 0.142 e. The van der Waals surface area contributed by atoms with Gasteiger partial charge in [-0.25, -0.2) is 4.39 Å². The molecule has 1 saturated heterocycles. The molecular weight excluding hydrogens is 333 g/mol. The molecule has 0 saturated carbocycles. The van der Waals surface area contributed by atoms with Crippen LogP contribution in [0.2, 0.25) is 0 Å². The Labute approximate surface area is 135 Å². The molecule has 2 unspecified atom stereocenters. The van der Waals surface area contributed by atoms with E-state index in [2.05, 4.69) is 28.2 Å². The standard InChI is InChI=1S/C17H25BrFNO/c1-2-11-20-16(10-9-13-6-3-4-12-21-13)14-7-5-8-15(18)17(14)19/h5,7-8,13,16,20H,2-4,6,9-12H2,1H3. The number of rotatable bonds is 7. The molecule has 21 heavy (non-hydrogen) atoms. The molecule has 1 aliphatic rings. The highest BCUT2D eigenvalue weighted by molar-refractivity contribution is 9.10. The number of halogens is 2. The first-order valence-electron chi connectivity index (χ1n) is 8.01. The molecule has 0 aromatic heterocycles. The van der Waals surface area contributed by atoms with E-state index in [1.165, 1.54) is 12.8 Å². The van der Waals surface area contributed by atoms with E-state index in [1.807, 2.05) is 12.1 Å². The van der Waals surface area contributed by atoms with Crippen LogP contribution < -0.4 is 5.32 Å². The van der Waals surface area contributed by atoms with Crippen molar-refractivity contribution in [1.29, 1.82) is 0 Å². The zero-order chi connectivity index (χ0) is 15.1. The van der Waals surface area contributed by atoms with Gasteiger partial charge >= 0.3 is 0 Å². The van der Waals surface area contributed by atoms with Crippen LogP contribution in [-0.2, 0) is 4.74 Å². The third-order valence-electron chi connectivity index (χ3n) is 4.05. The number of benzene rings is 1. The number of nitrogens with one attached hydrogen (secondary N) is 1. The predicted octanol–water partition coefficient (Wildman–Crippen LogP) is 4.98. The summed E-state index contributed by atoms with van der Waals surface area (Å²) in [4.78, 5) is 0. The van der Waals surface area contributed by atoms with Gasteiger partial charge < -0.3 is 10.1 Å². The fourth-order valence-corrected chi connectivity index (χ4v) is 3.24. The van der Waals surface area contributed by atoms with Crippen molar-refractivity contribution in [3.05, 3.63) is 34.1 Å². The summed E-state index contributed by atoms with van der Waals surface area (Å²) in [5.41, 5.74) is 0.758. The van der Waals surface area contributed by atoms with Crippen LogP contribution in [-0.4, -0.2) is 19.3 Å². The van der Waals surface area contributed by atoms with E-state index in [0.29, 0.717) is 10.6 Å². The lowest BCUT2D eigenvalue weighted by molar-refractivity contribution is 0.00848. The van der Waals surface area contributed by atoms with E-state index in [4.69, 9.17) is 4.74 Å². The second kappa shape index (κ2) is 8.86. The van der Waals surface area contributed by atoms with Gasteiger partial charge in [0.05, 0.1) is 10.6 Å². The third kappa shape index (κ3) is 5.04. The number of ether oxygens (including phenoxy) is 1. The number of hydrogen-bond donors (Lipinski definition) is 1. The van der Waals surface area contributed by atoms with Crippen molar-refractivity contribution >= 4 is 15.9 Å². The van der Waals surface area contributed by atoms with Gasteiger partial charge in [0, 0.05) is 18.2 Å². The molecule has 0 bridgehead atoms. The Morgan fingerprint density at radius 3 is 3.00 bits per heavy atom. The molecule has 1 heterocycles. The minimum Gasteiger partial charge on any atom is -0.378 e. The summed E-state index contributed by atoms with van der Waals surface area (Å²) in [5, 5.41) is 3.48. The lowest BCUT2D eigenvalue weighted by Gasteiger charge is -2.26. The quantitative estimate of drug-likeness (QED) is 0.742. The SMILES string of the molecule is CCCNC(CCC1CCCCO1)c1cccc(Br)c1F. The van der Waals surface area contributed by atoms with E-state index < -0.39 is 0 Å². The van der Waals surface area contributed by atoms with Crippen LogP contribution in [0.1, 0.15) is 57.1 Å².